The van der Waals surface area contributed by atoms with Crippen LogP contribution >= 0.6 is 0 Å². The van der Waals surface area contributed by atoms with Crippen molar-refractivity contribution in [3.8, 4) is 0 Å². The molecule has 0 aliphatic heterocycles. The lowest BCUT2D eigenvalue weighted by molar-refractivity contribution is 0.0690. The Labute approximate surface area is 100 Å². The minimum atomic E-state index is -1.06. The van der Waals surface area contributed by atoms with Crippen LogP contribution in [-0.2, 0) is 4.74 Å². The summed E-state index contributed by atoms with van der Waals surface area (Å²) in [5.74, 6) is -0.258. The lowest BCUT2D eigenvalue weighted by Crippen LogP contribution is -2.14. The van der Waals surface area contributed by atoms with Crippen molar-refractivity contribution in [3.05, 3.63) is 18.0 Å². The maximum Gasteiger partial charge on any atom is 0.354 e. The van der Waals surface area contributed by atoms with Crippen molar-refractivity contribution in [2.45, 2.75) is 13.8 Å². The van der Waals surface area contributed by atoms with Gasteiger partial charge < -0.3 is 15.2 Å². The van der Waals surface area contributed by atoms with Gasteiger partial charge in [0.2, 0.25) is 5.95 Å². The van der Waals surface area contributed by atoms with Crippen LogP contribution < -0.4 is 5.32 Å². The number of carboxylic acids is 1. The molecule has 0 amide bonds. The highest BCUT2D eigenvalue weighted by Crippen LogP contribution is 2.00. The summed E-state index contributed by atoms with van der Waals surface area (Å²) in [6.07, 6.45) is 1.41. The molecule has 0 saturated heterocycles. The van der Waals surface area contributed by atoms with Gasteiger partial charge in [-0.05, 0) is 12.0 Å². The molecule has 0 fully saturated rings. The van der Waals surface area contributed by atoms with Crippen LogP contribution in [0.25, 0.3) is 0 Å². The topological polar surface area (TPSA) is 84.3 Å². The Morgan fingerprint density at radius 1 is 1.59 bits per heavy atom. The van der Waals surface area contributed by atoms with E-state index in [1.807, 2.05) is 0 Å². The van der Waals surface area contributed by atoms with Gasteiger partial charge >= 0.3 is 5.97 Å². The van der Waals surface area contributed by atoms with E-state index >= 15 is 0 Å². The van der Waals surface area contributed by atoms with Crippen molar-refractivity contribution in [1.29, 1.82) is 0 Å². The maximum absolute atomic E-state index is 10.7. The van der Waals surface area contributed by atoms with E-state index in [0.29, 0.717) is 31.6 Å². The number of carbonyl (C=O) groups is 1. The second kappa shape index (κ2) is 6.80. The average molecular weight is 239 g/mol. The number of anilines is 1. The van der Waals surface area contributed by atoms with E-state index in [1.165, 1.54) is 12.3 Å². The van der Waals surface area contributed by atoms with E-state index in [0.717, 1.165) is 0 Å². The first-order chi connectivity index (χ1) is 8.09. The summed E-state index contributed by atoms with van der Waals surface area (Å²) in [4.78, 5) is 18.4. The van der Waals surface area contributed by atoms with Crippen molar-refractivity contribution in [1.82, 2.24) is 9.97 Å². The first-order valence-electron chi connectivity index (χ1n) is 5.47. The number of rotatable bonds is 7. The molecule has 6 heteroatoms. The Bertz CT molecular complexity index is 369. The van der Waals surface area contributed by atoms with Crippen molar-refractivity contribution in [3.63, 3.8) is 0 Å². The van der Waals surface area contributed by atoms with Gasteiger partial charge in [0.1, 0.15) is 0 Å². The highest BCUT2D eigenvalue weighted by molar-refractivity contribution is 5.85. The van der Waals surface area contributed by atoms with Gasteiger partial charge in [-0.2, -0.15) is 0 Å². The zero-order chi connectivity index (χ0) is 12.7. The summed E-state index contributed by atoms with van der Waals surface area (Å²) in [5.41, 5.74) is -0.0226. The Hall–Kier alpha value is -1.69. The predicted octanol–water partition coefficient (Wildman–Crippen LogP) is 1.26. The summed E-state index contributed by atoms with van der Waals surface area (Å²) in [7, 11) is 0. The second-order valence-electron chi connectivity index (χ2n) is 3.97. The number of hydrogen-bond acceptors (Lipinski definition) is 5. The Morgan fingerprint density at radius 3 is 3.00 bits per heavy atom. The smallest absolute Gasteiger partial charge is 0.354 e. The third kappa shape index (κ3) is 5.26. The van der Waals surface area contributed by atoms with E-state index in [2.05, 4.69) is 29.1 Å². The normalized spacial score (nSPS) is 10.5. The van der Waals surface area contributed by atoms with Crippen LogP contribution in [-0.4, -0.2) is 40.8 Å². The molecule has 0 spiro atoms. The second-order valence-corrected chi connectivity index (χ2v) is 3.97. The molecule has 1 aromatic heterocycles. The number of nitrogens with zero attached hydrogens (tertiary/aromatic N) is 2. The summed E-state index contributed by atoms with van der Waals surface area (Å²) in [5, 5.41) is 11.6. The summed E-state index contributed by atoms with van der Waals surface area (Å²) in [6, 6.07) is 1.35. The van der Waals surface area contributed by atoms with Crippen LogP contribution in [0.4, 0.5) is 5.95 Å². The van der Waals surface area contributed by atoms with E-state index in [-0.39, 0.29) is 5.69 Å². The number of ether oxygens (including phenoxy) is 1. The van der Waals surface area contributed by atoms with Gasteiger partial charge in [0.05, 0.1) is 6.61 Å². The fraction of sp³-hybridized carbons (Fsp3) is 0.545. The van der Waals surface area contributed by atoms with E-state index in [4.69, 9.17) is 9.84 Å². The fourth-order valence-corrected chi connectivity index (χ4v) is 1.12. The molecule has 0 saturated carbocycles. The van der Waals surface area contributed by atoms with Crippen LogP contribution in [0.15, 0.2) is 12.3 Å². The predicted molar refractivity (Wildman–Crippen MR) is 63.1 cm³/mol. The van der Waals surface area contributed by atoms with Crippen molar-refractivity contribution in [2.24, 2.45) is 5.92 Å². The Kier molecular flexibility index (Phi) is 5.35. The number of nitrogens with one attached hydrogen (secondary N) is 1. The van der Waals surface area contributed by atoms with E-state index < -0.39 is 5.97 Å². The van der Waals surface area contributed by atoms with E-state index in [1.54, 1.807) is 0 Å². The summed E-state index contributed by atoms with van der Waals surface area (Å²) in [6.45, 7) is 5.95. The molecule has 0 atom stereocenters. The standard InChI is InChI=1S/C11H17N3O3/c1-8(2)7-17-6-5-13-11-12-4-3-9(14-11)10(15)16/h3-4,8H,5-7H2,1-2H3,(H,15,16)(H,12,13,14). The fourth-order valence-electron chi connectivity index (χ4n) is 1.12. The molecule has 1 aromatic rings. The number of aromatic carboxylic acids is 1. The summed E-state index contributed by atoms with van der Waals surface area (Å²) >= 11 is 0. The maximum atomic E-state index is 10.7. The quantitative estimate of drug-likeness (QED) is 0.697. The zero-order valence-corrected chi connectivity index (χ0v) is 10.0. The Morgan fingerprint density at radius 2 is 2.35 bits per heavy atom. The van der Waals surface area contributed by atoms with Crippen molar-refractivity contribution >= 4 is 11.9 Å². The number of aromatic nitrogens is 2. The van der Waals surface area contributed by atoms with Crippen LogP contribution in [0.1, 0.15) is 24.3 Å². The van der Waals surface area contributed by atoms with Crippen molar-refractivity contribution in [2.75, 3.05) is 25.1 Å². The van der Waals surface area contributed by atoms with Gasteiger partial charge in [-0.15, -0.1) is 0 Å². The number of hydrogen-bond donors (Lipinski definition) is 2. The minimum Gasteiger partial charge on any atom is -0.477 e. The van der Waals surface area contributed by atoms with Gasteiger partial charge in [-0.1, -0.05) is 13.8 Å². The molecule has 1 heterocycles. The Balaban J connectivity index is 2.31. The van der Waals surface area contributed by atoms with Crippen LogP contribution in [0.3, 0.4) is 0 Å². The van der Waals surface area contributed by atoms with Gasteiger partial charge in [-0.3, -0.25) is 0 Å². The largest absolute Gasteiger partial charge is 0.477 e. The summed E-state index contributed by atoms with van der Waals surface area (Å²) < 4.78 is 5.36. The molecule has 0 aliphatic rings. The van der Waals surface area contributed by atoms with Crippen LogP contribution in [0.2, 0.25) is 0 Å². The molecule has 2 N–H and O–H groups in total. The molecule has 0 aromatic carbocycles. The molecule has 94 valence electrons. The molecule has 1 rings (SSSR count). The highest BCUT2D eigenvalue weighted by Gasteiger charge is 2.05. The minimum absolute atomic E-state index is 0.0226. The van der Waals surface area contributed by atoms with Gasteiger partial charge in [0, 0.05) is 19.3 Å². The lowest BCUT2D eigenvalue weighted by atomic mass is 10.2. The van der Waals surface area contributed by atoms with Gasteiger partial charge in [-0.25, -0.2) is 14.8 Å². The molecular formula is C11H17N3O3. The molecule has 0 unspecified atom stereocenters. The molecule has 6 nitrogen and oxygen atoms in total. The number of carboxylic acid groups (broad SMARTS) is 1. The monoisotopic (exact) mass is 239 g/mol. The third-order valence-electron chi connectivity index (χ3n) is 1.86. The molecule has 0 aliphatic carbocycles. The zero-order valence-electron chi connectivity index (χ0n) is 10.0. The van der Waals surface area contributed by atoms with Crippen molar-refractivity contribution < 1.29 is 14.6 Å². The third-order valence-corrected chi connectivity index (χ3v) is 1.86. The van der Waals surface area contributed by atoms with Gasteiger partial charge in [0.15, 0.2) is 5.69 Å². The SMILES string of the molecule is CC(C)COCCNc1nccc(C(=O)O)n1. The molecule has 17 heavy (non-hydrogen) atoms. The lowest BCUT2D eigenvalue weighted by Gasteiger charge is -2.07. The van der Waals surface area contributed by atoms with Crippen LogP contribution in [0, 0.1) is 5.92 Å². The average Bonchev–Trinajstić information content (AvgIpc) is 2.28. The first-order valence-corrected chi connectivity index (χ1v) is 5.47. The molecule has 0 radical (unpaired) electrons. The van der Waals surface area contributed by atoms with E-state index in [9.17, 15) is 4.79 Å². The van der Waals surface area contributed by atoms with Gasteiger partial charge in [0.25, 0.3) is 0 Å². The molecule has 0 bridgehead atoms. The molecular weight excluding hydrogens is 222 g/mol. The highest BCUT2D eigenvalue weighted by atomic mass is 16.5. The first kappa shape index (κ1) is 13.4. The van der Waals surface area contributed by atoms with Crippen LogP contribution in [0.5, 0.6) is 0 Å².